The fourth-order valence-electron chi connectivity index (χ4n) is 4.35. The number of amides is 1. The van der Waals surface area contributed by atoms with Gasteiger partial charge in [0.1, 0.15) is 6.54 Å². The van der Waals surface area contributed by atoms with Crippen molar-refractivity contribution in [3.8, 4) is 11.4 Å². The number of aryl methyl sites for hydroxylation is 1. The summed E-state index contributed by atoms with van der Waals surface area (Å²) in [5.74, 6) is 0.645. The zero-order valence-electron chi connectivity index (χ0n) is 16.6. The number of nitrogens with one attached hydrogen (secondary N) is 2. The molecule has 4 rings (SSSR count). The maximum Gasteiger partial charge on any atom is 0.240 e. The molecule has 2 aromatic carbocycles. The molecule has 1 heterocycles. The van der Waals surface area contributed by atoms with Crippen LogP contribution in [0.4, 0.5) is 0 Å². The topological polar surface area (TPSA) is 62.7 Å². The highest BCUT2D eigenvalue weighted by molar-refractivity contribution is 7.71. The van der Waals surface area contributed by atoms with E-state index in [1.807, 2.05) is 37.3 Å². The van der Waals surface area contributed by atoms with Crippen molar-refractivity contribution < 1.29 is 4.79 Å². The van der Waals surface area contributed by atoms with Gasteiger partial charge in [-0.15, -0.1) is 0 Å². The van der Waals surface area contributed by atoms with Gasteiger partial charge in [-0.05, 0) is 43.6 Å². The number of carbonyl (C=O) groups excluding carboxylic acids is 1. The van der Waals surface area contributed by atoms with E-state index in [1.54, 1.807) is 4.57 Å². The molecule has 150 valence electrons. The van der Waals surface area contributed by atoms with Crippen LogP contribution in [0.1, 0.15) is 36.8 Å². The van der Waals surface area contributed by atoms with E-state index in [4.69, 9.17) is 12.2 Å². The van der Waals surface area contributed by atoms with Crippen molar-refractivity contribution >= 4 is 18.1 Å². The molecule has 0 aliphatic heterocycles. The summed E-state index contributed by atoms with van der Waals surface area (Å²) in [4.78, 5) is 12.8. The molecular weight excluding hydrogens is 380 g/mol. The molecule has 1 aliphatic rings. The van der Waals surface area contributed by atoms with E-state index in [-0.39, 0.29) is 17.9 Å². The Hall–Kier alpha value is -2.73. The second-order valence-electron chi connectivity index (χ2n) is 7.94. The molecule has 0 saturated heterocycles. The van der Waals surface area contributed by atoms with Gasteiger partial charge in [-0.1, -0.05) is 66.9 Å². The first kappa shape index (κ1) is 19.6. The van der Waals surface area contributed by atoms with Gasteiger partial charge in [0.2, 0.25) is 5.91 Å². The molecule has 1 fully saturated rings. The van der Waals surface area contributed by atoms with E-state index in [1.165, 1.54) is 18.4 Å². The Morgan fingerprint density at radius 3 is 2.66 bits per heavy atom. The third-order valence-corrected chi connectivity index (χ3v) is 6.22. The standard InChI is InChI=1S/C23H26N4OS/c1-17-8-7-9-18(14-17)21-25-26-22(29)27(21)15-20(28)24-16-23(12-5-6-13-23)19-10-3-2-4-11-19/h2-4,7-11,14H,5-6,12-13,15-16H2,1H3,(H,24,28)(H,26,29). The summed E-state index contributed by atoms with van der Waals surface area (Å²) in [5.41, 5.74) is 3.44. The van der Waals surface area contributed by atoms with Gasteiger partial charge >= 0.3 is 0 Å². The smallest absolute Gasteiger partial charge is 0.240 e. The average Bonchev–Trinajstić information content (AvgIpc) is 3.35. The molecule has 3 aromatic rings. The Bertz CT molecular complexity index is 1050. The average molecular weight is 407 g/mol. The predicted octanol–water partition coefficient (Wildman–Crippen LogP) is 4.54. The summed E-state index contributed by atoms with van der Waals surface area (Å²) in [7, 11) is 0. The lowest BCUT2D eigenvalue weighted by Crippen LogP contribution is -2.40. The van der Waals surface area contributed by atoms with Gasteiger partial charge in [-0.2, -0.15) is 5.10 Å². The molecule has 1 aliphatic carbocycles. The Morgan fingerprint density at radius 1 is 1.17 bits per heavy atom. The molecule has 29 heavy (non-hydrogen) atoms. The van der Waals surface area contributed by atoms with Gasteiger partial charge in [-0.3, -0.25) is 14.5 Å². The van der Waals surface area contributed by atoms with Crippen molar-refractivity contribution in [2.24, 2.45) is 0 Å². The molecule has 1 aromatic heterocycles. The van der Waals surface area contributed by atoms with Crippen molar-refractivity contribution in [3.05, 3.63) is 70.5 Å². The molecule has 1 saturated carbocycles. The van der Waals surface area contributed by atoms with Crippen LogP contribution in [0.25, 0.3) is 11.4 Å². The monoisotopic (exact) mass is 406 g/mol. The van der Waals surface area contributed by atoms with Crippen LogP contribution in [-0.2, 0) is 16.8 Å². The van der Waals surface area contributed by atoms with Crippen LogP contribution < -0.4 is 5.32 Å². The highest BCUT2D eigenvalue weighted by Gasteiger charge is 2.35. The molecule has 1 amide bonds. The number of aromatic nitrogens is 3. The summed E-state index contributed by atoms with van der Waals surface area (Å²) in [6.45, 7) is 2.84. The Morgan fingerprint density at radius 2 is 1.93 bits per heavy atom. The number of rotatable bonds is 6. The van der Waals surface area contributed by atoms with Gasteiger partial charge in [0.15, 0.2) is 10.6 Å². The zero-order chi connectivity index (χ0) is 20.3. The van der Waals surface area contributed by atoms with Crippen molar-refractivity contribution in [2.45, 2.75) is 44.6 Å². The Kier molecular flexibility index (Phi) is 5.62. The number of H-pyrrole nitrogens is 1. The van der Waals surface area contributed by atoms with Gasteiger partial charge in [-0.25, -0.2) is 0 Å². The van der Waals surface area contributed by atoms with Crippen LogP contribution in [0, 0.1) is 11.7 Å². The maximum absolute atomic E-state index is 12.8. The van der Waals surface area contributed by atoms with Crippen molar-refractivity contribution in [1.29, 1.82) is 0 Å². The lowest BCUT2D eigenvalue weighted by Gasteiger charge is -2.30. The third-order valence-electron chi connectivity index (χ3n) is 5.91. The van der Waals surface area contributed by atoms with E-state index in [0.29, 0.717) is 17.1 Å². The first-order valence-electron chi connectivity index (χ1n) is 10.1. The fraction of sp³-hybridized carbons (Fsp3) is 0.348. The molecule has 0 spiro atoms. The molecular formula is C23H26N4OS. The minimum atomic E-state index is -0.0430. The van der Waals surface area contributed by atoms with Crippen molar-refractivity contribution in [2.75, 3.05) is 6.54 Å². The maximum atomic E-state index is 12.8. The van der Waals surface area contributed by atoms with Gasteiger partial charge in [0.05, 0.1) is 0 Å². The SMILES string of the molecule is Cc1cccc(-c2n[nH]c(=S)n2CC(=O)NCC2(c3ccccc3)CCCC2)c1. The highest BCUT2D eigenvalue weighted by Crippen LogP contribution is 2.40. The summed E-state index contributed by atoms with van der Waals surface area (Å²) in [5, 5.41) is 10.3. The zero-order valence-corrected chi connectivity index (χ0v) is 17.5. The second kappa shape index (κ2) is 8.33. The van der Waals surface area contributed by atoms with E-state index in [9.17, 15) is 4.79 Å². The van der Waals surface area contributed by atoms with Crippen LogP contribution >= 0.6 is 12.2 Å². The molecule has 0 unspecified atom stereocenters. The first-order valence-corrected chi connectivity index (χ1v) is 10.5. The van der Waals surface area contributed by atoms with Gasteiger partial charge < -0.3 is 5.32 Å². The predicted molar refractivity (Wildman–Crippen MR) is 117 cm³/mol. The minimum Gasteiger partial charge on any atom is -0.354 e. The van der Waals surface area contributed by atoms with Crippen LogP contribution in [0.5, 0.6) is 0 Å². The summed E-state index contributed by atoms with van der Waals surface area (Å²) in [6.07, 6.45) is 4.62. The number of hydrogen-bond acceptors (Lipinski definition) is 3. The van der Waals surface area contributed by atoms with Crippen LogP contribution in [0.15, 0.2) is 54.6 Å². The second-order valence-corrected chi connectivity index (χ2v) is 8.32. The van der Waals surface area contributed by atoms with E-state index in [0.717, 1.165) is 24.0 Å². The fourth-order valence-corrected chi connectivity index (χ4v) is 4.54. The quantitative estimate of drug-likeness (QED) is 0.591. The largest absolute Gasteiger partial charge is 0.354 e. The highest BCUT2D eigenvalue weighted by atomic mass is 32.1. The van der Waals surface area contributed by atoms with Crippen LogP contribution in [0.2, 0.25) is 0 Å². The Labute approximate surface area is 176 Å². The minimum absolute atomic E-state index is 0.0359. The van der Waals surface area contributed by atoms with Crippen LogP contribution in [-0.4, -0.2) is 27.2 Å². The van der Waals surface area contributed by atoms with E-state index < -0.39 is 0 Å². The van der Waals surface area contributed by atoms with E-state index in [2.05, 4.69) is 39.8 Å². The summed E-state index contributed by atoms with van der Waals surface area (Å²) >= 11 is 5.38. The molecule has 2 N–H and O–H groups in total. The number of hydrogen-bond donors (Lipinski definition) is 2. The van der Waals surface area contributed by atoms with E-state index >= 15 is 0 Å². The lowest BCUT2D eigenvalue weighted by atomic mass is 9.79. The normalized spacial score (nSPS) is 15.3. The Balaban J connectivity index is 1.50. The molecule has 6 heteroatoms. The third kappa shape index (κ3) is 4.17. The number of nitrogens with zero attached hydrogens (tertiary/aromatic N) is 2. The number of aromatic amines is 1. The molecule has 5 nitrogen and oxygen atoms in total. The molecule has 0 atom stereocenters. The number of carbonyl (C=O) groups is 1. The summed E-state index contributed by atoms with van der Waals surface area (Å²) < 4.78 is 2.22. The molecule has 0 radical (unpaired) electrons. The van der Waals surface area contributed by atoms with Gasteiger partial charge in [0.25, 0.3) is 0 Å². The number of benzene rings is 2. The van der Waals surface area contributed by atoms with Crippen molar-refractivity contribution in [1.82, 2.24) is 20.1 Å². The first-order chi connectivity index (χ1) is 14.1. The van der Waals surface area contributed by atoms with Crippen LogP contribution in [0.3, 0.4) is 0 Å². The lowest BCUT2D eigenvalue weighted by molar-refractivity contribution is -0.121. The van der Waals surface area contributed by atoms with Crippen molar-refractivity contribution in [3.63, 3.8) is 0 Å². The van der Waals surface area contributed by atoms with Gasteiger partial charge in [0, 0.05) is 17.5 Å². The molecule has 0 bridgehead atoms. The summed E-state index contributed by atoms with van der Waals surface area (Å²) in [6, 6.07) is 18.6.